The van der Waals surface area contributed by atoms with Crippen molar-refractivity contribution in [2.24, 2.45) is 0 Å². The van der Waals surface area contributed by atoms with Gasteiger partial charge in [-0.15, -0.1) is 0 Å². The fourth-order valence-corrected chi connectivity index (χ4v) is 1.14. The summed E-state index contributed by atoms with van der Waals surface area (Å²) in [4.78, 5) is 0. The van der Waals surface area contributed by atoms with Crippen molar-refractivity contribution in [1.82, 2.24) is 4.31 Å². The van der Waals surface area contributed by atoms with E-state index in [1.165, 1.54) is 4.31 Å². The van der Waals surface area contributed by atoms with Gasteiger partial charge in [-0.1, -0.05) is 0 Å². The second kappa shape index (κ2) is 2.10. The molecule has 0 saturated carbocycles. The molecule has 0 aromatic carbocycles. The maximum absolute atomic E-state index is 10.1. The molecule has 1 rings (SSSR count). The van der Waals surface area contributed by atoms with Gasteiger partial charge in [0.15, 0.2) is 0 Å². The first-order chi connectivity index (χ1) is 3.70. The van der Waals surface area contributed by atoms with Crippen molar-refractivity contribution in [2.75, 3.05) is 13.1 Å². The zero-order chi connectivity index (χ0) is 6.15. The second-order valence-electron chi connectivity index (χ2n) is 1.73. The van der Waals surface area contributed by atoms with E-state index in [4.69, 9.17) is 9.66 Å². The van der Waals surface area contributed by atoms with Crippen molar-refractivity contribution in [3.8, 4) is 0 Å². The fourth-order valence-electron chi connectivity index (χ4n) is 0.544. The summed E-state index contributed by atoms with van der Waals surface area (Å²) in [5, 5.41) is 8.58. The summed E-state index contributed by atoms with van der Waals surface area (Å²) in [6.07, 6.45) is -0.397. The molecule has 1 fully saturated rings. The minimum absolute atomic E-state index is 0.323. The first-order valence-electron chi connectivity index (χ1n) is 2.24. The van der Waals surface area contributed by atoms with Crippen LogP contribution in [0.25, 0.3) is 0 Å². The highest BCUT2D eigenvalue weighted by Gasteiger charge is 2.27. The van der Waals surface area contributed by atoms with Crippen LogP contribution in [-0.2, 0) is 11.3 Å². The van der Waals surface area contributed by atoms with Gasteiger partial charge in [0, 0.05) is 13.1 Å². The Labute approximate surface area is 49.5 Å². The third-order valence-corrected chi connectivity index (χ3v) is 1.79. The summed E-state index contributed by atoms with van der Waals surface area (Å²) in [5.41, 5.74) is 0. The zero-order valence-electron chi connectivity index (χ0n) is 4.15. The van der Waals surface area contributed by atoms with E-state index in [0.29, 0.717) is 13.1 Å². The van der Waals surface area contributed by atoms with Crippen LogP contribution in [0.4, 0.5) is 0 Å². The lowest BCUT2D eigenvalue weighted by Gasteiger charge is -2.31. The van der Waals surface area contributed by atoms with E-state index >= 15 is 0 Å². The van der Waals surface area contributed by atoms with E-state index in [-0.39, 0.29) is 0 Å². The summed E-state index contributed by atoms with van der Waals surface area (Å²) in [6.45, 7) is 0.645. The predicted octanol–water partition coefficient (Wildman–Crippen LogP) is -1.20. The summed E-state index contributed by atoms with van der Waals surface area (Å²) >= 11 is -1.87. The smallest absolute Gasteiger partial charge is 0.234 e. The maximum atomic E-state index is 10.1. The number of nitrogens with zero attached hydrogens (tertiary/aromatic N) is 1. The molecule has 8 heavy (non-hydrogen) atoms. The monoisotopic (exact) mass is 137 g/mol. The number of β-amino-alcohol motifs (C(OH)–C–C–N with tert-alkyl or cyclic N) is 1. The molecule has 0 amide bonds. The average molecular weight is 137 g/mol. The van der Waals surface area contributed by atoms with Gasteiger partial charge in [-0.3, -0.25) is 4.55 Å². The van der Waals surface area contributed by atoms with Crippen molar-refractivity contribution >= 4 is 11.3 Å². The van der Waals surface area contributed by atoms with Crippen LogP contribution in [0.2, 0.25) is 0 Å². The molecule has 0 radical (unpaired) electrons. The molecule has 5 heteroatoms. The van der Waals surface area contributed by atoms with E-state index in [9.17, 15) is 4.21 Å². The number of aliphatic hydroxyl groups excluding tert-OH is 1. The minimum atomic E-state index is -1.87. The number of hydrogen-bond acceptors (Lipinski definition) is 2. The SMILES string of the molecule is O=S(O)N1CC(O)C1. The summed E-state index contributed by atoms with van der Waals surface area (Å²) in [7, 11) is 0. The van der Waals surface area contributed by atoms with E-state index in [2.05, 4.69) is 0 Å². The van der Waals surface area contributed by atoms with Crippen LogP contribution in [0.5, 0.6) is 0 Å². The number of rotatable bonds is 1. The van der Waals surface area contributed by atoms with Crippen LogP contribution in [0.1, 0.15) is 0 Å². The zero-order valence-corrected chi connectivity index (χ0v) is 4.97. The Hall–Kier alpha value is 0.0300. The van der Waals surface area contributed by atoms with Crippen LogP contribution in [0.3, 0.4) is 0 Å². The Balaban J connectivity index is 2.25. The van der Waals surface area contributed by atoms with Crippen molar-refractivity contribution in [3.05, 3.63) is 0 Å². The third kappa shape index (κ3) is 1.05. The lowest BCUT2D eigenvalue weighted by atomic mass is 10.2. The number of hydrogen-bond donors (Lipinski definition) is 2. The Morgan fingerprint density at radius 3 is 2.25 bits per heavy atom. The normalized spacial score (nSPS) is 27.2. The van der Waals surface area contributed by atoms with Gasteiger partial charge >= 0.3 is 0 Å². The minimum Gasteiger partial charge on any atom is -0.390 e. The lowest BCUT2D eigenvalue weighted by molar-refractivity contribution is 0.0539. The molecule has 1 heterocycles. The first kappa shape index (κ1) is 6.15. The van der Waals surface area contributed by atoms with Gasteiger partial charge in [-0.25, -0.2) is 4.21 Å². The summed E-state index contributed by atoms with van der Waals surface area (Å²) in [6, 6.07) is 0. The lowest BCUT2D eigenvalue weighted by Crippen LogP contribution is -2.50. The van der Waals surface area contributed by atoms with Crippen LogP contribution in [-0.4, -0.2) is 37.4 Å². The molecule has 1 unspecified atom stereocenters. The molecule has 1 aliphatic heterocycles. The highest BCUT2D eigenvalue weighted by molar-refractivity contribution is 7.76. The van der Waals surface area contributed by atoms with Crippen molar-refractivity contribution < 1.29 is 13.9 Å². The molecule has 0 aromatic rings. The molecule has 0 bridgehead atoms. The van der Waals surface area contributed by atoms with Crippen LogP contribution in [0, 0.1) is 0 Å². The Bertz CT molecular complexity index is 111. The van der Waals surface area contributed by atoms with Crippen LogP contribution in [0.15, 0.2) is 0 Å². The Morgan fingerprint density at radius 1 is 1.62 bits per heavy atom. The van der Waals surface area contributed by atoms with Gasteiger partial charge in [0.2, 0.25) is 11.3 Å². The van der Waals surface area contributed by atoms with Gasteiger partial charge in [0.05, 0.1) is 6.10 Å². The highest BCUT2D eigenvalue weighted by atomic mass is 32.2. The van der Waals surface area contributed by atoms with E-state index in [1.54, 1.807) is 0 Å². The van der Waals surface area contributed by atoms with Gasteiger partial charge < -0.3 is 5.11 Å². The topological polar surface area (TPSA) is 60.8 Å². The van der Waals surface area contributed by atoms with Gasteiger partial charge in [0.1, 0.15) is 0 Å². The van der Waals surface area contributed by atoms with Crippen LogP contribution >= 0.6 is 0 Å². The van der Waals surface area contributed by atoms with Crippen molar-refractivity contribution in [3.63, 3.8) is 0 Å². The van der Waals surface area contributed by atoms with Crippen molar-refractivity contribution in [2.45, 2.75) is 6.10 Å². The quantitative estimate of drug-likeness (QED) is 0.446. The molecule has 0 aliphatic carbocycles. The molecular weight excluding hydrogens is 130 g/mol. The fraction of sp³-hybridized carbons (Fsp3) is 1.00. The average Bonchev–Trinajstić information content (AvgIpc) is 1.57. The Morgan fingerprint density at radius 2 is 2.12 bits per heavy atom. The second-order valence-corrected chi connectivity index (χ2v) is 2.71. The molecule has 4 nitrogen and oxygen atoms in total. The van der Waals surface area contributed by atoms with Crippen LogP contribution < -0.4 is 0 Å². The van der Waals surface area contributed by atoms with E-state index in [0.717, 1.165) is 0 Å². The van der Waals surface area contributed by atoms with Gasteiger partial charge in [-0.2, -0.15) is 4.31 Å². The molecule has 48 valence electrons. The highest BCUT2D eigenvalue weighted by Crippen LogP contribution is 2.07. The van der Waals surface area contributed by atoms with E-state index < -0.39 is 17.4 Å². The standard InChI is InChI=1S/C3H7NO3S/c5-3-1-4(2-3)8(6)7/h3,5H,1-2H2,(H,6,7). The Kier molecular flexibility index (Phi) is 1.62. The molecule has 2 N–H and O–H groups in total. The summed E-state index contributed by atoms with van der Waals surface area (Å²) in [5.74, 6) is 0. The van der Waals surface area contributed by atoms with Gasteiger partial charge in [-0.05, 0) is 0 Å². The molecule has 0 spiro atoms. The number of aliphatic hydroxyl groups is 1. The third-order valence-electron chi connectivity index (χ3n) is 1.05. The molecule has 1 saturated heterocycles. The molecule has 1 aliphatic rings. The molecule has 0 aromatic heterocycles. The van der Waals surface area contributed by atoms with E-state index in [1.807, 2.05) is 0 Å². The first-order valence-corrected chi connectivity index (χ1v) is 3.30. The summed E-state index contributed by atoms with van der Waals surface area (Å²) < 4.78 is 19.6. The molecule has 1 atom stereocenters. The predicted molar refractivity (Wildman–Crippen MR) is 28.4 cm³/mol. The largest absolute Gasteiger partial charge is 0.390 e. The van der Waals surface area contributed by atoms with Gasteiger partial charge in [0.25, 0.3) is 0 Å². The maximum Gasteiger partial charge on any atom is 0.234 e. The molecular formula is C3H7NO3S. The van der Waals surface area contributed by atoms with Crippen molar-refractivity contribution in [1.29, 1.82) is 0 Å².